The summed E-state index contributed by atoms with van der Waals surface area (Å²) in [6, 6.07) is 6.26. The molecule has 1 N–H and O–H groups in total. The Morgan fingerprint density at radius 1 is 1.00 bits per heavy atom. The molecule has 0 bridgehead atoms. The second-order valence-electron chi connectivity index (χ2n) is 6.60. The zero-order chi connectivity index (χ0) is 20.5. The molecule has 11 heteroatoms. The molecule has 3 rings (SSSR count). The Kier molecular flexibility index (Phi) is 5.80. The number of nitrogens with one attached hydrogen (secondary N) is 1. The molecule has 0 atom stereocenters. The monoisotopic (exact) mass is 428 g/mol. The van der Waals surface area contributed by atoms with Crippen molar-refractivity contribution in [3.05, 3.63) is 35.7 Å². The van der Waals surface area contributed by atoms with Gasteiger partial charge in [-0.15, -0.1) is 0 Å². The Morgan fingerprint density at radius 2 is 1.64 bits per heavy atom. The van der Waals surface area contributed by atoms with Gasteiger partial charge in [0, 0.05) is 32.2 Å². The lowest BCUT2D eigenvalue weighted by molar-refractivity contribution is 0.402. The first-order valence-electron chi connectivity index (χ1n) is 8.84. The highest BCUT2D eigenvalue weighted by Crippen LogP contribution is 2.25. The number of methoxy groups -OCH3 is 1. The van der Waals surface area contributed by atoms with Gasteiger partial charge in [-0.1, -0.05) is 6.07 Å². The molecule has 1 aliphatic rings. The van der Waals surface area contributed by atoms with Gasteiger partial charge in [0.15, 0.2) is 0 Å². The van der Waals surface area contributed by atoms with Crippen LogP contribution in [0.2, 0.25) is 0 Å². The Hall–Kier alpha value is -1.95. The number of benzene rings is 1. The molecule has 2 heterocycles. The van der Waals surface area contributed by atoms with Crippen LogP contribution in [0.15, 0.2) is 34.1 Å². The lowest BCUT2D eigenvalue weighted by Crippen LogP contribution is -2.37. The molecule has 9 nitrogen and oxygen atoms in total. The maximum Gasteiger partial charge on any atom is 0.246 e. The minimum Gasteiger partial charge on any atom is -0.497 e. The Balaban J connectivity index is 1.83. The number of aromatic nitrogens is 2. The van der Waals surface area contributed by atoms with Crippen LogP contribution in [0.3, 0.4) is 0 Å². The maximum atomic E-state index is 13.0. The summed E-state index contributed by atoms with van der Waals surface area (Å²) >= 11 is 0. The fourth-order valence-electron chi connectivity index (χ4n) is 3.31. The summed E-state index contributed by atoms with van der Waals surface area (Å²) in [5.74, 6) is 0.450. The first kappa shape index (κ1) is 20.8. The van der Waals surface area contributed by atoms with Gasteiger partial charge in [-0.05, 0) is 32.4 Å². The normalized spacial score (nSPS) is 17.4. The summed E-state index contributed by atoms with van der Waals surface area (Å²) in [7, 11) is -6.02. The quantitative estimate of drug-likeness (QED) is 0.764. The first-order chi connectivity index (χ1) is 13.2. The summed E-state index contributed by atoms with van der Waals surface area (Å²) in [4.78, 5) is 0.293. The van der Waals surface area contributed by atoms with Crippen molar-refractivity contribution in [2.45, 2.75) is 30.1 Å². The Labute approximate surface area is 165 Å². The SMILES string of the molecule is COc1cccc(S(=O)(=O)N2CCCN(S(=O)(=O)c3c(C)n[nH]c3C)CC2)c1. The molecule has 1 fully saturated rings. The van der Waals surface area contributed by atoms with Gasteiger partial charge in [-0.25, -0.2) is 16.8 Å². The fourth-order valence-corrected chi connectivity index (χ4v) is 6.62. The highest BCUT2D eigenvalue weighted by molar-refractivity contribution is 7.89. The van der Waals surface area contributed by atoms with E-state index in [9.17, 15) is 16.8 Å². The second kappa shape index (κ2) is 7.82. The molecule has 0 spiro atoms. The van der Waals surface area contributed by atoms with Crippen LogP contribution in [0.4, 0.5) is 0 Å². The molecular weight excluding hydrogens is 404 g/mol. The predicted octanol–water partition coefficient (Wildman–Crippen LogP) is 1.12. The van der Waals surface area contributed by atoms with Crippen LogP contribution in [-0.4, -0.2) is 68.9 Å². The van der Waals surface area contributed by atoms with Gasteiger partial charge in [0.1, 0.15) is 10.6 Å². The molecule has 0 amide bonds. The van der Waals surface area contributed by atoms with Crippen LogP contribution < -0.4 is 4.74 Å². The zero-order valence-corrected chi connectivity index (χ0v) is 17.7. The van der Waals surface area contributed by atoms with Crippen molar-refractivity contribution in [3.63, 3.8) is 0 Å². The van der Waals surface area contributed by atoms with Gasteiger partial charge in [-0.3, -0.25) is 5.10 Å². The fraction of sp³-hybridized carbons (Fsp3) is 0.471. The number of ether oxygens (including phenoxy) is 1. The third kappa shape index (κ3) is 3.79. The highest BCUT2D eigenvalue weighted by atomic mass is 32.2. The van der Waals surface area contributed by atoms with Crippen LogP contribution in [0, 0.1) is 13.8 Å². The number of hydrogen-bond donors (Lipinski definition) is 1. The largest absolute Gasteiger partial charge is 0.497 e. The third-order valence-electron chi connectivity index (χ3n) is 4.75. The van der Waals surface area contributed by atoms with E-state index in [0.717, 1.165) is 0 Å². The zero-order valence-electron chi connectivity index (χ0n) is 16.0. The van der Waals surface area contributed by atoms with Gasteiger partial charge in [-0.2, -0.15) is 13.7 Å². The molecule has 28 heavy (non-hydrogen) atoms. The average Bonchev–Trinajstić information content (AvgIpc) is 2.87. The van der Waals surface area contributed by atoms with Crippen LogP contribution >= 0.6 is 0 Å². The minimum atomic E-state index is -3.75. The molecule has 0 radical (unpaired) electrons. The van der Waals surface area contributed by atoms with E-state index in [1.807, 2.05) is 0 Å². The number of hydrogen-bond acceptors (Lipinski definition) is 6. The van der Waals surface area contributed by atoms with E-state index < -0.39 is 20.0 Å². The molecule has 1 saturated heterocycles. The molecule has 1 aliphatic heterocycles. The van der Waals surface area contributed by atoms with Crippen molar-refractivity contribution in [2.24, 2.45) is 0 Å². The average molecular weight is 429 g/mol. The van der Waals surface area contributed by atoms with Crippen molar-refractivity contribution in [1.82, 2.24) is 18.8 Å². The van der Waals surface area contributed by atoms with Crippen LogP contribution in [-0.2, 0) is 20.0 Å². The van der Waals surface area contributed by atoms with Gasteiger partial charge < -0.3 is 4.74 Å². The van der Waals surface area contributed by atoms with Crippen molar-refractivity contribution < 1.29 is 21.6 Å². The number of aromatic amines is 1. The third-order valence-corrected chi connectivity index (χ3v) is 8.81. The van der Waals surface area contributed by atoms with E-state index in [0.29, 0.717) is 23.6 Å². The maximum absolute atomic E-state index is 13.0. The van der Waals surface area contributed by atoms with E-state index in [2.05, 4.69) is 10.2 Å². The molecule has 2 aromatic rings. The number of rotatable bonds is 5. The van der Waals surface area contributed by atoms with E-state index in [1.165, 1.54) is 27.9 Å². The summed E-state index contributed by atoms with van der Waals surface area (Å²) < 4.78 is 59.8. The molecule has 0 unspecified atom stereocenters. The molecule has 154 valence electrons. The van der Waals surface area contributed by atoms with E-state index in [4.69, 9.17) is 4.74 Å². The van der Waals surface area contributed by atoms with E-state index in [1.54, 1.807) is 26.0 Å². The Bertz CT molecular complexity index is 1040. The molecule has 0 saturated carbocycles. The first-order valence-corrected chi connectivity index (χ1v) is 11.7. The lowest BCUT2D eigenvalue weighted by Gasteiger charge is -2.22. The van der Waals surface area contributed by atoms with Crippen molar-refractivity contribution in [2.75, 3.05) is 33.3 Å². The molecular formula is C17H24N4O5S2. The second-order valence-corrected chi connectivity index (χ2v) is 10.4. The van der Waals surface area contributed by atoms with E-state index in [-0.39, 0.29) is 36.0 Å². The smallest absolute Gasteiger partial charge is 0.246 e. The number of aryl methyl sites for hydroxylation is 2. The summed E-state index contributed by atoms with van der Waals surface area (Å²) in [6.45, 7) is 3.94. The number of H-pyrrole nitrogens is 1. The standard InChI is InChI=1S/C17H24N4O5S2/c1-13-17(14(2)19-18-13)28(24,25)21-9-5-8-20(10-11-21)27(22,23)16-7-4-6-15(12-16)26-3/h4,6-7,12H,5,8-11H2,1-3H3,(H,18,19). The van der Waals surface area contributed by atoms with Gasteiger partial charge in [0.05, 0.1) is 23.4 Å². The van der Waals surface area contributed by atoms with Crippen molar-refractivity contribution in [1.29, 1.82) is 0 Å². The summed E-state index contributed by atoms with van der Waals surface area (Å²) in [6.07, 6.45) is 0.401. The van der Waals surface area contributed by atoms with Crippen molar-refractivity contribution in [3.8, 4) is 5.75 Å². The lowest BCUT2D eigenvalue weighted by atomic mass is 10.3. The number of sulfonamides is 2. The Morgan fingerprint density at radius 3 is 2.21 bits per heavy atom. The van der Waals surface area contributed by atoms with Crippen LogP contribution in [0.1, 0.15) is 17.8 Å². The van der Waals surface area contributed by atoms with Crippen LogP contribution in [0.25, 0.3) is 0 Å². The predicted molar refractivity (Wildman–Crippen MR) is 103 cm³/mol. The summed E-state index contributed by atoms with van der Waals surface area (Å²) in [5.41, 5.74) is 0.880. The topological polar surface area (TPSA) is 113 Å². The molecule has 0 aliphatic carbocycles. The molecule has 1 aromatic carbocycles. The van der Waals surface area contributed by atoms with Gasteiger partial charge >= 0.3 is 0 Å². The number of nitrogens with zero attached hydrogens (tertiary/aromatic N) is 3. The van der Waals surface area contributed by atoms with Crippen molar-refractivity contribution >= 4 is 20.0 Å². The van der Waals surface area contributed by atoms with Gasteiger partial charge in [0.2, 0.25) is 20.0 Å². The van der Waals surface area contributed by atoms with E-state index >= 15 is 0 Å². The van der Waals surface area contributed by atoms with Crippen LogP contribution in [0.5, 0.6) is 5.75 Å². The highest BCUT2D eigenvalue weighted by Gasteiger charge is 2.34. The minimum absolute atomic E-state index is 0.0781. The van der Waals surface area contributed by atoms with Gasteiger partial charge in [0.25, 0.3) is 0 Å². The molecule has 1 aromatic heterocycles. The summed E-state index contributed by atoms with van der Waals surface area (Å²) in [5, 5.41) is 6.65.